The van der Waals surface area contributed by atoms with Gasteiger partial charge in [0.1, 0.15) is 5.58 Å². The number of aliphatic hydroxyl groups is 1. The Hall–Kier alpha value is -3.95. The highest BCUT2D eigenvalue weighted by Crippen LogP contribution is 2.53. The van der Waals surface area contributed by atoms with Crippen LogP contribution in [0.5, 0.6) is 0 Å². The highest BCUT2D eigenvalue weighted by Gasteiger charge is 2.65. The normalized spacial score (nSPS) is 21.8. The van der Waals surface area contributed by atoms with Crippen LogP contribution in [0.4, 0.5) is 5.69 Å². The largest absolute Gasteiger partial charge is 0.503 e. The third-order valence-corrected chi connectivity index (χ3v) is 7.74. The summed E-state index contributed by atoms with van der Waals surface area (Å²) in [5.74, 6) is -2.57. The molecule has 1 fully saturated rings. The van der Waals surface area contributed by atoms with Crippen LogP contribution in [0.15, 0.2) is 70.3 Å². The van der Waals surface area contributed by atoms with E-state index < -0.39 is 28.9 Å². The van der Waals surface area contributed by atoms with Gasteiger partial charge in [-0.15, -0.1) is 0 Å². The molecule has 9 nitrogen and oxygen atoms in total. The number of ether oxygens (including phenoxy) is 1. The average molecular weight is 516 g/mol. The lowest BCUT2D eigenvalue weighted by molar-refractivity contribution is -0.139. The Kier molecular flexibility index (Phi) is 6.04. The SMILES string of the molecule is CCN1C(=O)[C@@]2(C(C(=O)c3cc4ccccc4o3)=C(O)C(=O)N2CCCN2CCOCC2)c2ccccc21. The summed E-state index contributed by atoms with van der Waals surface area (Å²) in [6, 6.07) is 15.9. The first-order valence-electron chi connectivity index (χ1n) is 13.0. The van der Waals surface area contributed by atoms with Gasteiger partial charge in [-0.25, -0.2) is 0 Å². The topological polar surface area (TPSA) is 104 Å². The smallest absolute Gasteiger partial charge is 0.290 e. The van der Waals surface area contributed by atoms with Crippen LogP contribution in [0, 0.1) is 0 Å². The van der Waals surface area contributed by atoms with Crippen molar-refractivity contribution in [1.29, 1.82) is 0 Å². The van der Waals surface area contributed by atoms with Crippen molar-refractivity contribution in [2.45, 2.75) is 18.9 Å². The molecule has 1 aromatic heterocycles. The van der Waals surface area contributed by atoms with E-state index in [9.17, 15) is 19.5 Å². The van der Waals surface area contributed by atoms with Gasteiger partial charge in [0.2, 0.25) is 5.78 Å². The number of para-hydroxylation sites is 2. The van der Waals surface area contributed by atoms with Crippen molar-refractivity contribution in [3.63, 3.8) is 0 Å². The summed E-state index contributed by atoms with van der Waals surface area (Å²) in [5.41, 5.74) is -0.383. The molecule has 2 amide bonds. The molecule has 0 saturated carbocycles. The Morgan fingerprint density at radius 1 is 1.03 bits per heavy atom. The zero-order valence-corrected chi connectivity index (χ0v) is 21.2. The van der Waals surface area contributed by atoms with Crippen molar-refractivity contribution in [1.82, 2.24) is 9.80 Å². The lowest BCUT2D eigenvalue weighted by Gasteiger charge is -2.36. The lowest BCUT2D eigenvalue weighted by atomic mass is 9.81. The number of carbonyl (C=O) groups is 3. The molecule has 2 aromatic carbocycles. The van der Waals surface area contributed by atoms with Crippen LogP contribution in [-0.4, -0.2) is 78.4 Å². The third-order valence-electron chi connectivity index (χ3n) is 7.74. The quantitative estimate of drug-likeness (QED) is 0.482. The van der Waals surface area contributed by atoms with Crippen LogP contribution in [0.25, 0.3) is 11.0 Å². The zero-order chi connectivity index (χ0) is 26.4. The second-order valence-electron chi connectivity index (χ2n) is 9.74. The first kappa shape index (κ1) is 24.4. The standard InChI is InChI=1S/C29H29N3O6/c1-2-31-21-10-5-4-9-20(21)29(28(31)36)24(25(33)23-18-19-8-3-6-11-22(19)38-23)26(34)27(35)32(29)13-7-12-30-14-16-37-17-15-30/h3-6,8-11,18,34H,2,7,12-17H2,1H3/t29-/m0/s1. The van der Waals surface area contributed by atoms with Gasteiger partial charge < -0.3 is 24.1 Å². The number of rotatable bonds is 7. The molecule has 3 aliphatic heterocycles. The first-order valence-corrected chi connectivity index (χ1v) is 13.0. The van der Waals surface area contributed by atoms with Crippen molar-refractivity contribution >= 4 is 34.3 Å². The number of likely N-dealkylation sites (N-methyl/N-ethyl adjacent to an activating group) is 1. The van der Waals surface area contributed by atoms with Crippen molar-refractivity contribution in [3.8, 4) is 0 Å². The fraction of sp³-hybridized carbons (Fsp3) is 0.345. The molecule has 6 rings (SSSR count). The van der Waals surface area contributed by atoms with Gasteiger partial charge in [-0.05, 0) is 31.5 Å². The van der Waals surface area contributed by atoms with E-state index in [1.54, 1.807) is 41.3 Å². The van der Waals surface area contributed by atoms with E-state index in [1.165, 1.54) is 4.90 Å². The van der Waals surface area contributed by atoms with E-state index in [2.05, 4.69) is 4.90 Å². The van der Waals surface area contributed by atoms with Gasteiger partial charge in [-0.1, -0.05) is 36.4 Å². The molecular weight excluding hydrogens is 486 g/mol. The van der Waals surface area contributed by atoms with Crippen molar-refractivity contribution in [2.24, 2.45) is 0 Å². The van der Waals surface area contributed by atoms with Gasteiger partial charge in [0.15, 0.2) is 17.1 Å². The van der Waals surface area contributed by atoms with Crippen LogP contribution < -0.4 is 4.90 Å². The molecule has 1 spiro atoms. The predicted molar refractivity (Wildman–Crippen MR) is 140 cm³/mol. The Balaban J connectivity index is 1.45. The maximum absolute atomic E-state index is 14.3. The summed E-state index contributed by atoms with van der Waals surface area (Å²) in [6.45, 7) is 5.98. The van der Waals surface area contributed by atoms with Gasteiger partial charge in [0.25, 0.3) is 11.8 Å². The molecule has 0 bridgehead atoms. The number of fused-ring (bicyclic) bond motifs is 3. The molecule has 3 aromatic rings. The molecule has 1 N–H and O–H groups in total. The number of amides is 2. The Morgan fingerprint density at radius 2 is 1.76 bits per heavy atom. The van der Waals surface area contributed by atoms with Gasteiger partial charge in [0.05, 0.1) is 24.5 Å². The first-order chi connectivity index (χ1) is 18.5. The number of hydrogen-bond donors (Lipinski definition) is 1. The van der Waals surface area contributed by atoms with Crippen LogP contribution >= 0.6 is 0 Å². The molecule has 0 unspecified atom stereocenters. The molecule has 9 heteroatoms. The Morgan fingerprint density at radius 3 is 2.53 bits per heavy atom. The minimum Gasteiger partial charge on any atom is -0.503 e. The second-order valence-corrected chi connectivity index (χ2v) is 9.74. The Labute approximate surface area is 219 Å². The number of carbonyl (C=O) groups excluding carboxylic acids is 3. The summed E-state index contributed by atoms with van der Waals surface area (Å²) in [7, 11) is 0. The molecule has 1 saturated heterocycles. The monoisotopic (exact) mass is 515 g/mol. The number of benzene rings is 2. The number of nitrogens with zero attached hydrogens (tertiary/aromatic N) is 3. The number of furan rings is 1. The molecule has 3 aliphatic rings. The summed E-state index contributed by atoms with van der Waals surface area (Å²) >= 11 is 0. The number of anilines is 1. The van der Waals surface area contributed by atoms with Crippen LogP contribution in [-0.2, 0) is 19.9 Å². The van der Waals surface area contributed by atoms with E-state index in [1.807, 2.05) is 25.1 Å². The van der Waals surface area contributed by atoms with Gasteiger partial charge in [-0.3, -0.25) is 19.3 Å². The van der Waals surface area contributed by atoms with Crippen molar-refractivity contribution in [3.05, 3.63) is 77.3 Å². The second kappa shape index (κ2) is 9.41. The Bertz CT molecular complexity index is 1440. The molecule has 0 aliphatic carbocycles. The van der Waals surface area contributed by atoms with E-state index in [-0.39, 0.29) is 17.9 Å². The molecule has 0 radical (unpaired) electrons. The van der Waals surface area contributed by atoms with Gasteiger partial charge in [0, 0.05) is 43.7 Å². The minimum absolute atomic E-state index is 0.0321. The maximum atomic E-state index is 14.3. The summed E-state index contributed by atoms with van der Waals surface area (Å²) in [4.78, 5) is 47.2. The number of morpholine rings is 1. The zero-order valence-electron chi connectivity index (χ0n) is 21.2. The van der Waals surface area contributed by atoms with E-state index in [0.29, 0.717) is 54.9 Å². The van der Waals surface area contributed by atoms with E-state index in [0.717, 1.165) is 13.1 Å². The van der Waals surface area contributed by atoms with Crippen LogP contribution in [0.3, 0.4) is 0 Å². The summed E-state index contributed by atoms with van der Waals surface area (Å²) in [5, 5.41) is 12.0. The predicted octanol–water partition coefficient (Wildman–Crippen LogP) is 3.25. The van der Waals surface area contributed by atoms with Crippen LogP contribution in [0.1, 0.15) is 29.5 Å². The van der Waals surface area contributed by atoms with Crippen molar-refractivity contribution < 1.29 is 28.6 Å². The van der Waals surface area contributed by atoms with Gasteiger partial charge in [-0.2, -0.15) is 0 Å². The summed E-state index contributed by atoms with van der Waals surface area (Å²) in [6.07, 6.45) is 0.564. The highest BCUT2D eigenvalue weighted by atomic mass is 16.5. The number of Topliss-reactive ketones (excluding diaryl/α,β-unsaturated/α-hetero) is 1. The third kappa shape index (κ3) is 3.49. The number of aliphatic hydroxyl groups excluding tert-OH is 1. The molecule has 38 heavy (non-hydrogen) atoms. The highest BCUT2D eigenvalue weighted by molar-refractivity contribution is 6.26. The van der Waals surface area contributed by atoms with E-state index in [4.69, 9.17) is 9.15 Å². The fourth-order valence-corrected chi connectivity index (χ4v) is 5.98. The fourth-order valence-electron chi connectivity index (χ4n) is 5.98. The number of hydrogen-bond acceptors (Lipinski definition) is 7. The van der Waals surface area contributed by atoms with E-state index >= 15 is 0 Å². The maximum Gasteiger partial charge on any atom is 0.290 e. The number of ketones is 1. The molecule has 1 atom stereocenters. The molecule has 196 valence electrons. The molecular formula is C29H29N3O6. The molecule has 4 heterocycles. The minimum atomic E-state index is -1.77. The lowest BCUT2D eigenvalue weighted by Crippen LogP contribution is -2.54. The summed E-state index contributed by atoms with van der Waals surface area (Å²) < 4.78 is 11.3. The van der Waals surface area contributed by atoms with Crippen molar-refractivity contribution in [2.75, 3.05) is 50.8 Å². The van der Waals surface area contributed by atoms with Gasteiger partial charge >= 0.3 is 0 Å². The van der Waals surface area contributed by atoms with Crippen LogP contribution in [0.2, 0.25) is 0 Å². The average Bonchev–Trinajstić information content (AvgIpc) is 3.55.